The van der Waals surface area contributed by atoms with E-state index in [4.69, 9.17) is 4.74 Å². The van der Waals surface area contributed by atoms with Gasteiger partial charge in [0.1, 0.15) is 5.75 Å². The van der Waals surface area contributed by atoms with Gasteiger partial charge in [0.25, 0.3) is 0 Å². The van der Waals surface area contributed by atoms with Crippen molar-refractivity contribution in [3.05, 3.63) is 29.8 Å². The van der Waals surface area contributed by atoms with E-state index in [2.05, 4.69) is 12.2 Å². The monoisotopic (exact) mass is 312 g/mol. The summed E-state index contributed by atoms with van der Waals surface area (Å²) in [5.74, 6) is 1.05. The lowest BCUT2D eigenvalue weighted by Gasteiger charge is -2.28. The van der Waals surface area contributed by atoms with E-state index >= 15 is 0 Å². The Bertz CT molecular complexity index is 430. The Labute approximate surface area is 133 Å². The summed E-state index contributed by atoms with van der Waals surface area (Å²) in [5, 5.41) is 3.33. The van der Waals surface area contributed by atoms with Gasteiger partial charge in [0.2, 0.25) is 5.91 Å². The summed E-state index contributed by atoms with van der Waals surface area (Å²) in [7, 11) is 1.65. The van der Waals surface area contributed by atoms with E-state index in [0.717, 1.165) is 43.8 Å². The molecule has 0 spiro atoms. The Morgan fingerprint density at radius 3 is 2.62 bits per heavy atom. The number of hydrogen-bond donors (Lipinski definition) is 1. The van der Waals surface area contributed by atoms with Crippen LogP contribution in [0.5, 0.6) is 5.75 Å². The third-order valence-corrected chi connectivity index (χ3v) is 3.77. The molecule has 0 bridgehead atoms. The van der Waals surface area contributed by atoms with Crippen LogP contribution in [0.25, 0.3) is 0 Å². The molecule has 1 fully saturated rings. The zero-order chi connectivity index (χ0) is 14.4. The maximum atomic E-state index is 12.5. The molecule has 0 aliphatic carbocycles. The number of benzene rings is 1. The highest BCUT2D eigenvalue weighted by Gasteiger charge is 2.25. The number of nitrogens with zero attached hydrogens (tertiary/aromatic N) is 1. The number of hydrogen-bond acceptors (Lipinski definition) is 3. The molecule has 1 aromatic rings. The van der Waals surface area contributed by atoms with Crippen LogP contribution in [-0.2, 0) is 11.2 Å². The molecule has 0 saturated carbocycles. The number of carbonyl (C=O) groups is 1. The average Bonchev–Trinajstić information content (AvgIpc) is 2.99. The van der Waals surface area contributed by atoms with E-state index in [0.29, 0.717) is 12.5 Å². The van der Waals surface area contributed by atoms with Crippen molar-refractivity contribution in [2.45, 2.75) is 32.2 Å². The second-order valence-electron chi connectivity index (χ2n) is 5.26. The highest BCUT2D eigenvalue weighted by molar-refractivity contribution is 5.85. The van der Waals surface area contributed by atoms with Crippen molar-refractivity contribution < 1.29 is 9.53 Å². The van der Waals surface area contributed by atoms with Crippen LogP contribution in [0.3, 0.4) is 0 Å². The standard InChI is InChI=1S/C16H24N2O2.ClH/c1-3-10-18(14-8-9-17-12-14)16(19)11-13-4-6-15(20-2)7-5-13;/h4-7,14,17H,3,8-12H2,1-2H3;1H. The fourth-order valence-electron chi connectivity index (χ4n) is 2.68. The summed E-state index contributed by atoms with van der Waals surface area (Å²) < 4.78 is 5.14. The van der Waals surface area contributed by atoms with E-state index in [1.54, 1.807) is 7.11 Å². The maximum Gasteiger partial charge on any atom is 0.227 e. The molecule has 0 aromatic heterocycles. The van der Waals surface area contributed by atoms with Gasteiger partial charge in [-0.1, -0.05) is 19.1 Å². The second-order valence-corrected chi connectivity index (χ2v) is 5.26. The smallest absolute Gasteiger partial charge is 0.227 e. The normalized spacial score (nSPS) is 17.1. The number of nitrogens with one attached hydrogen (secondary N) is 1. The van der Waals surface area contributed by atoms with E-state index in [-0.39, 0.29) is 18.3 Å². The van der Waals surface area contributed by atoms with Gasteiger partial charge < -0.3 is 15.0 Å². The van der Waals surface area contributed by atoms with Crippen molar-refractivity contribution in [3.63, 3.8) is 0 Å². The molecule has 2 rings (SSSR count). The Kier molecular flexibility index (Phi) is 7.54. The van der Waals surface area contributed by atoms with Crippen LogP contribution >= 0.6 is 12.4 Å². The molecule has 118 valence electrons. The molecule has 1 unspecified atom stereocenters. The highest BCUT2D eigenvalue weighted by Crippen LogP contribution is 2.15. The molecule has 4 nitrogen and oxygen atoms in total. The average molecular weight is 313 g/mol. The van der Waals surface area contributed by atoms with E-state index in [1.807, 2.05) is 29.2 Å². The largest absolute Gasteiger partial charge is 0.497 e. The Morgan fingerprint density at radius 2 is 2.10 bits per heavy atom. The molecular weight excluding hydrogens is 288 g/mol. The van der Waals surface area contributed by atoms with Crippen molar-refractivity contribution >= 4 is 18.3 Å². The van der Waals surface area contributed by atoms with Crippen LogP contribution in [0.4, 0.5) is 0 Å². The summed E-state index contributed by atoms with van der Waals surface area (Å²) in [5.41, 5.74) is 1.04. The lowest BCUT2D eigenvalue weighted by molar-refractivity contribution is -0.132. The van der Waals surface area contributed by atoms with Crippen molar-refractivity contribution in [2.75, 3.05) is 26.7 Å². The topological polar surface area (TPSA) is 41.6 Å². The van der Waals surface area contributed by atoms with Crippen LogP contribution in [0, 0.1) is 0 Å². The van der Waals surface area contributed by atoms with Crippen LogP contribution in [-0.4, -0.2) is 43.6 Å². The quantitative estimate of drug-likeness (QED) is 0.876. The van der Waals surface area contributed by atoms with Crippen molar-refractivity contribution in [1.82, 2.24) is 10.2 Å². The molecular formula is C16H25ClN2O2. The molecule has 5 heteroatoms. The second kappa shape index (κ2) is 8.90. The minimum Gasteiger partial charge on any atom is -0.497 e. The van der Waals surface area contributed by atoms with Crippen molar-refractivity contribution in [1.29, 1.82) is 0 Å². The zero-order valence-corrected chi connectivity index (χ0v) is 13.6. The molecule has 1 aromatic carbocycles. The molecule has 1 aliphatic heterocycles. The summed E-state index contributed by atoms with van der Waals surface area (Å²) in [6.45, 7) is 4.91. The first-order valence-corrected chi connectivity index (χ1v) is 7.37. The molecule has 0 radical (unpaired) electrons. The molecule has 1 heterocycles. The van der Waals surface area contributed by atoms with Crippen LogP contribution < -0.4 is 10.1 Å². The summed E-state index contributed by atoms with van der Waals surface area (Å²) in [6, 6.07) is 8.11. The highest BCUT2D eigenvalue weighted by atomic mass is 35.5. The maximum absolute atomic E-state index is 12.5. The predicted molar refractivity (Wildman–Crippen MR) is 87.2 cm³/mol. The van der Waals surface area contributed by atoms with E-state index in [9.17, 15) is 4.79 Å². The fraction of sp³-hybridized carbons (Fsp3) is 0.562. The summed E-state index contributed by atoms with van der Waals surface area (Å²) >= 11 is 0. The summed E-state index contributed by atoms with van der Waals surface area (Å²) in [6.07, 6.45) is 2.54. The van der Waals surface area contributed by atoms with Crippen LogP contribution in [0.15, 0.2) is 24.3 Å². The molecule has 21 heavy (non-hydrogen) atoms. The molecule has 1 aliphatic rings. The Morgan fingerprint density at radius 1 is 1.38 bits per heavy atom. The third-order valence-electron chi connectivity index (χ3n) is 3.77. The fourth-order valence-corrected chi connectivity index (χ4v) is 2.68. The van der Waals surface area contributed by atoms with Gasteiger partial charge in [-0.25, -0.2) is 0 Å². The van der Waals surface area contributed by atoms with Gasteiger partial charge in [-0.15, -0.1) is 12.4 Å². The number of halogens is 1. The predicted octanol–water partition coefficient (Wildman–Crippen LogP) is 2.26. The zero-order valence-electron chi connectivity index (χ0n) is 12.8. The molecule has 1 N–H and O–H groups in total. The number of ether oxygens (including phenoxy) is 1. The van der Waals surface area contributed by atoms with Gasteiger partial charge in [-0.2, -0.15) is 0 Å². The van der Waals surface area contributed by atoms with Crippen molar-refractivity contribution in [2.24, 2.45) is 0 Å². The Hall–Kier alpha value is -1.26. The number of amides is 1. The third kappa shape index (κ3) is 4.90. The van der Waals surface area contributed by atoms with Gasteiger partial charge in [-0.3, -0.25) is 4.79 Å². The van der Waals surface area contributed by atoms with Crippen LogP contribution in [0.2, 0.25) is 0 Å². The SMILES string of the molecule is CCCN(C(=O)Cc1ccc(OC)cc1)C1CCNC1.Cl. The van der Waals surface area contributed by atoms with Gasteiger partial charge in [0, 0.05) is 19.1 Å². The minimum absolute atomic E-state index is 0. The first-order valence-electron chi connectivity index (χ1n) is 7.37. The minimum atomic E-state index is 0. The van der Waals surface area contributed by atoms with Gasteiger partial charge in [-0.05, 0) is 37.1 Å². The molecule has 1 amide bonds. The first-order chi connectivity index (χ1) is 9.74. The number of methoxy groups -OCH3 is 1. The Balaban J connectivity index is 0.00000220. The van der Waals surface area contributed by atoms with Gasteiger partial charge in [0.05, 0.1) is 13.5 Å². The van der Waals surface area contributed by atoms with E-state index in [1.165, 1.54) is 0 Å². The molecule has 1 atom stereocenters. The first kappa shape index (κ1) is 17.8. The number of carbonyl (C=O) groups excluding carboxylic acids is 1. The lowest BCUT2D eigenvalue weighted by atomic mass is 10.1. The molecule has 1 saturated heterocycles. The van der Waals surface area contributed by atoms with Crippen molar-refractivity contribution in [3.8, 4) is 5.75 Å². The van der Waals surface area contributed by atoms with Gasteiger partial charge >= 0.3 is 0 Å². The van der Waals surface area contributed by atoms with Gasteiger partial charge in [0.15, 0.2) is 0 Å². The number of rotatable bonds is 6. The summed E-state index contributed by atoms with van der Waals surface area (Å²) in [4.78, 5) is 14.6. The van der Waals surface area contributed by atoms with E-state index < -0.39 is 0 Å². The van der Waals surface area contributed by atoms with Crippen LogP contribution in [0.1, 0.15) is 25.3 Å². The lowest BCUT2D eigenvalue weighted by Crippen LogP contribution is -2.42.